The molecule has 0 saturated carbocycles. The number of rotatable bonds is 5. The zero-order chi connectivity index (χ0) is 13.7. The largest absolute Gasteiger partial charge is 0.335 e. The van der Waals surface area contributed by atoms with Crippen molar-refractivity contribution in [1.82, 2.24) is 4.90 Å². The van der Waals surface area contributed by atoms with Crippen LogP contribution in [0, 0.1) is 0 Å². The van der Waals surface area contributed by atoms with Gasteiger partial charge in [-0.3, -0.25) is 4.79 Å². The molecule has 0 aromatic heterocycles. The van der Waals surface area contributed by atoms with Crippen LogP contribution >= 0.6 is 0 Å². The molecule has 0 aliphatic heterocycles. The van der Waals surface area contributed by atoms with Crippen molar-refractivity contribution in [2.24, 2.45) is 5.73 Å². The highest BCUT2D eigenvalue weighted by Crippen LogP contribution is 2.16. The first-order chi connectivity index (χ1) is 8.45. The quantitative estimate of drug-likeness (QED) is 0.870. The molecule has 3 heteroatoms. The summed E-state index contributed by atoms with van der Waals surface area (Å²) >= 11 is 0. The van der Waals surface area contributed by atoms with Gasteiger partial charge < -0.3 is 10.6 Å². The van der Waals surface area contributed by atoms with Crippen molar-refractivity contribution < 1.29 is 4.79 Å². The molecule has 1 aromatic carbocycles. The lowest BCUT2D eigenvalue weighted by Gasteiger charge is -2.26. The molecule has 0 aliphatic carbocycles. The van der Waals surface area contributed by atoms with Crippen LogP contribution in [0.1, 0.15) is 44.7 Å². The Bertz CT molecular complexity index is 382. The van der Waals surface area contributed by atoms with Crippen LogP contribution in [-0.4, -0.2) is 23.4 Å². The molecule has 0 atom stereocenters. The average molecular weight is 248 g/mol. The summed E-state index contributed by atoms with van der Waals surface area (Å²) in [4.78, 5) is 13.5. The minimum Gasteiger partial charge on any atom is -0.335 e. The maximum absolute atomic E-state index is 11.7. The maximum atomic E-state index is 11.7. The van der Waals surface area contributed by atoms with Crippen LogP contribution in [0.25, 0.3) is 0 Å². The van der Waals surface area contributed by atoms with Gasteiger partial charge in [0.05, 0.1) is 6.54 Å². The summed E-state index contributed by atoms with van der Waals surface area (Å²) in [5, 5.41) is 0. The standard InChI is InChI=1S/C15H24N2O/c1-11(2)14-7-5-13(6-8-14)10-17(12(3)4)15(18)9-16/h5-8,11-12H,9-10,16H2,1-4H3. The summed E-state index contributed by atoms with van der Waals surface area (Å²) in [6.07, 6.45) is 0. The van der Waals surface area contributed by atoms with E-state index in [1.54, 1.807) is 0 Å². The predicted octanol–water partition coefficient (Wildman–Crippen LogP) is 2.51. The van der Waals surface area contributed by atoms with Crippen LogP contribution in [0.3, 0.4) is 0 Å². The number of hydrogen-bond donors (Lipinski definition) is 1. The number of benzene rings is 1. The molecular weight excluding hydrogens is 224 g/mol. The Hall–Kier alpha value is -1.35. The van der Waals surface area contributed by atoms with Gasteiger partial charge in [-0.2, -0.15) is 0 Å². The van der Waals surface area contributed by atoms with E-state index in [2.05, 4.69) is 38.1 Å². The maximum Gasteiger partial charge on any atom is 0.236 e. The average Bonchev–Trinajstić information content (AvgIpc) is 2.35. The first-order valence-corrected chi connectivity index (χ1v) is 6.54. The molecule has 1 rings (SSSR count). The molecule has 0 fully saturated rings. The van der Waals surface area contributed by atoms with Crippen molar-refractivity contribution in [3.8, 4) is 0 Å². The minimum absolute atomic E-state index is 0.00191. The van der Waals surface area contributed by atoms with E-state index >= 15 is 0 Å². The smallest absolute Gasteiger partial charge is 0.236 e. The normalized spacial score (nSPS) is 11.1. The Balaban J connectivity index is 2.78. The Morgan fingerprint density at radius 1 is 1.17 bits per heavy atom. The van der Waals surface area contributed by atoms with Crippen molar-refractivity contribution in [3.63, 3.8) is 0 Å². The van der Waals surface area contributed by atoms with Crippen LogP contribution in [0.15, 0.2) is 24.3 Å². The fourth-order valence-electron chi connectivity index (χ4n) is 1.88. The zero-order valence-corrected chi connectivity index (χ0v) is 11.8. The second-order valence-corrected chi connectivity index (χ2v) is 5.22. The summed E-state index contributed by atoms with van der Waals surface area (Å²) in [5.74, 6) is 0.531. The molecule has 0 bridgehead atoms. The van der Waals surface area contributed by atoms with E-state index in [9.17, 15) is 4.79 Å². The highest BCUT2D eigenvalue weighted by Gasteiger charge is 2.15. The lowest BCUT2D eigenvalue weighted by Crippen LogP contribution is -2.40. The van der Waals surface area contributed by atoms with Crippen molar-refractivity contribution in [1.29, 1.82) is 0 Å². The molecule has 0 heterocycles. The van der Waals surface area contributed by atoms with Crippen molar-refractivity contribution in [3.05, 3.63) is 35.4 Å². The van der Waals surface area contributed by atoms with E-state index in [1.165, 1.54) is 5.56 Å². The number of carbonyl (C=O) groups is 1. The number of nitrogens with two attached hydrogens (primary N) is 1. The second-order valence-electron chi connectivity index (χ2n) is 5.22. The van der Waals surface area contributed by atoms with Gasteiger partial charge in [0.15, 0.2) is 0 Å². The van der Waals surface area contributed by atoms with E-state index in [-0.39, 0.29) is 18.5 Å². The number of hydrogen-bond acceptors (Lipinski definition) is 2. The lowest BCUT2D eigenvalue weighted by molar-refractivity contribution is -0.132. The Morgan fingerprint density at radius 2 is 1.72 bits per heavy atom. The van der Waals surface area contributed by atoms with Gasteiger partial charge in [0.1, 0.15) is 0 Å². The molecular formula is C15H24N2O. The third kappa shape index (κ3) is 3.84. The fraction of sp³-hybridized carbons (Fsp3) is 0.533. The van der Waals surface area contributed by atoms with E-state index in [0.717, 1.165) is 5.56 Å². The van der Waals surface area contributed by atoms with Crippen LogP contribution in [0.4, 0.5) is 0 Å². The van der Waals surface area contributed by atoms with Gasteiger partial charge in [0.2, 0.25) is 5.91 Å². The van der Waals surface area contributed by atoms with Gasteiger partial charge >= 0.3 is 0 Å². The molecule has 1 amide bonds. The van der Waals surface area contributed by atoms with Crippen LogP contribution in [0.2, 0.25) is 0 Å². The Morgan fingerprint density at radius 3 is 2.11 bits per heavy atom. The summed E-state index contributed by atoms with van der Waals surface area (Å²) in [5.41, 5.74) is 7.90. The van der Waals surface area contributed by atoms with Crippen LogP contribution in [-0.2, 0) is 11.3 Å². The van der Waals surface area contributed by atoms with Gasteiger partial charge in [-0.25, -0.2) is 0 Å². The monoisotopic (exact) mass is 248 g/mol. The molecule has 0 spiro atoms. The SMILES string of the molecule is CC(C)c1ccc(CN(C(=O)CN)C(C)C)cc1. The molecule has 0 saturated heterocycles. The minimum atomic E-state index is -0.00191. The number of nitrogens with zero attached hydrogens (tertiary/aromatic N) is 1. The predicted molar refractivity (Wildman–Crippen MR) is 75.3 cm³/mol. The first-order valence-electron chi connectivity index (χ1n) is 6.54. The highest BCUT2D eigenvalue weighted by atomic mass is 16.2. The molecule has 0 aliphatic rings. The van der Waals surface area contributed by atoms with E-state index < -0.39 is 0 Å². The Labute approximate surface area is 110 Å². The zero-order valence-electron chi connectivity index (χ0n) is 11.8. The molecule has 100 valence electrons. The molecule has 2 N–H and O–H groups in total. The molecule has 1 aromatic rings. The topological polar surface area (TPSA) is 46.3 Å². The van der Waals surface area contributed by atoms with Crippen molar-refractivity contribution in [2.45, 2.75) is 46.2 Å². The first kappa shape index (κ1) is 14.7. The van der Waals surface area contributed by atoms with Gasteiger partial charge in [0, 0.05) is 12.6 Å². The Kier molecular flexibility index (Phi) is 5.35. The second kappa shape index (κ2) is 6.55. The summed E-state index contributed by atoms with van der Waals surface area (Å²) in [7, 11) is 0. The lowest BCUT2D eigenvalue weighted by atomic mass is 10.0. The van der Waals surface area contributed by atoms with Crippen molar-refractivity contribution in [2.75, 3.05) is 6.54 Å². The third-order valence-corrected chi connectivity index (χ3v) is 3.12. The van der Waals surface area contributed by atoms with Gasteiger partial charge in [-0.1, -0.05) is 38.1 Å². The van der Waals surface area contributed by atoms with Gasteiger partial charge in [-0.15, -0.1) is 0 Å². The van der Waals surface area contributed by atoms with E-state index in [1.807, 2.05) is 18.7 Å². The number of amides is 1. The van der Waals surface area contributed by atoms with E-state index in [4.69, 9.17) is 5.73 Å². The third-order valence-electron chi connectivity index (χ3n) is 3.12. The summed E-state index contributed by atoms with van der Waals surface area (Å²) in [6, 6.07) is 8.62. The number of carbonyl (C=O) groups excluding carboxylic acids is 1. The molecule has 3 nitrogen and oxygen atoms in total. The van der Waals surface area contributed by atoms with E-state index in [0.29, 0.717) is 12.5 Å². The fourth-order valence-corrected chi connectivity index (χ4v) is 1.88. The van der Waals surface area contributed by atoms with Gasteiger partial charge in [-0.05, 0) is 30.9 Å². The summed E-state index contributed by atoms with van der Waals surface area (Å²) in [6.45, 7) is 9.07. The molecule has 18 heavy (non-hydrogen) atoms. The molecule has 0 unspecified atom stereocenters. The van der Waals surface area contributed by atoms with Crippen LogP contribution < -0.4 is 5.73 Å². The summed E-state index contributed by atoms with van der Waals surface area (Å²) < 4.78 is 0. The highest BCUT2D eigenvalue weighted by molar-refractivity contribution is 5.78. The van der Waals surface area contributed by atoms with Crippen molar-refractivity contribution >= 4 is 5.91 Å². The van der Waals surface area contributed by atoms with Crippen LogP contribution in [0.5, 0.6) is 0 Å². The van der Waals surface area contributed by atoms with Gasteiger partial charge in [0.25, 0.3) is 0 Å². The molecule has 0 radical (unpaired) electrons.